The third-order valence-corrected chi connectivity index (χ3v) is 4.95. The summed E-state index contributed by atoms with van der Waals surface area (Å²) in [5.41, 5.74) is 7.98. The van der Waals surface area contributed by atoms with Gasteiger partial charge in [-0.05, 0) is 43.0 Å². The van der Waals surface area contributed by atoms with Gasteiger partial charge in [-0.15, -0.1) is 0 Å². The molecule has 4 aromatic rings. The molecular formula is C25H25NO. The van der Waals surface area contributed by atoms with Crippen LogP contribution in [0.2, 0.25) is 0 Å². The molecule has 0 saturated carbocycles. The van der Waals surface area contributed by atoms with Crippen molar-refractivity contribution in [3.63, 3.8) is 0 Å². The molecule has 0 aliphatic heterocycles. The Morgan fingerprint density at radius 1 is 0.778 bits per heavy atom. The van der Waals surface area contributed by atoms with E-state index in [1.807, 2.05) is 12.3 Å². The number of hydrogen-bond donors (Lipinski definition) is 0. The SMILES string of the molecule is Cc1cc(C)cc(-c2cc3oc(-c4ccc(C(C)(C)C)cc4)cc3cn2)c1. The van der Waals surface area contributed by atoms with Gasteiger partial charge in [-0.2, -0.15) is 0 Å². The van der Waals surface area contributed by atoms with E-state index in [4.69, 9.17) is 4.42 Å². The van der Waals surface area contributed by atoms with Crippen LogP contribution in [0.1, 0.15) is 37.5 Å². The first kappa shape index (κ1) is 17.5. The summed E-state index contributed by atoms with van der Waals surface area (Å²) < 4.78 is 6.16. The largest absolute Gasteiger partial charge is 0.456 e. The van der Waals surface area contributed by atoms with Gasteiger partial charge in [-0.25, -0.2) is 0 Å². The Balaban J connectivity index is 1.72. The first-order valence-electron chi connectivity index (χ1n) is 9.39. The van der Waals surface area contributed by atoms with Gasteiger partial charge in [0.2, 0.25) is 0 Å². The molecule has 2 aromatic heterocycles. The number of nitrogens with zero attached hydrogens (tertiary/aromatic N) is 1. The van der Waals surface area contributed by atoms with Crippen LogP contribution in [-0.4, -0.2) is 4.98 Å². The van der Waals surface area contributed by atoms with Crippen LogP contribution in [0.15, 0.2) is 65.2 Å². The highest BCUT2D eigenvalue weighted by Gasteiger charge is 2.14. The second-order valence-electron chi connectivity index (χ2n) is 8.42. The highest BCUT2D eigenvalue weighted by Crippen LogP contribution is 2.32. The number of hydrogen-bond acceptors (Lipinski definition) is 2. The third kappa shape index (κ3) is 3.52. The fourth-order valence-electron chi connectivity index (χ4n) is 3.49. The molecule has 2 nitrogen and oxygen atoms in total. The Morgan fingerprint density at radius 3 is 2.07 bits per heavy atom. The van der Waals surface area contributed by atoms with E-state index < -0.39 is 0 Å². The number of fused-ring (bicyclic) bond motifs is 1. The summed E-state index contributed by atoms with van der Waals surface area (Å²) in [6.45, 7) is 10.9. The van der Waals surface area contributed by atoms with Crippen LogP contribution in [0, 0.1) is 13.8 Å². The van der Waals surface area contributed by atoms with E-state index >= 15 is 0 Å². The number of aromatic nitrogens is 1. The maximum atomic E-state index is 6.16. The van der Waals surface area contributed by atoms with E-state index in [0.717, 1.165) is 33.6 Å². The van der Waals surface area contributed by atoms with E-state index in [1.54, 1.807) is 0 Å². The van der Waals surface area contributed by atoms with Crippen molar-refractivity contribution in [2.75, 3.05) is 0 Å². The van der Waals surface area contributed by atoms with Crippen molar-refractivity contribution >= 4 is 11.0 Å². The molecule has 0 N–H and O–H groups in total. The minimum atomic E-state index is 0.150. The molecule has 0 unspecified atom stereocenters. The Kier molecular flexibility index (Phi) is 4.15. The van der Waals surface area contributed by atoms with Crippen molar-refractivity contribution in [3.8, 4) is 22.6 Å². The first-order valence-corrected chi connectivity index (χ1v) is 9.39. The lowest BCUT2D eigenvalue weighted by Gasteiger charge is -2.18. The second-order valence-corrected chi connectivity index (χ2v) is 8.42. The van der Waals surface area contributed by atoms with Crippen LogP contribution in [0.4, 0.5) is 0 Å². The average Bonchev–Trinajstić information content (AvgIpc) is 3.03. The molecule has 0 aliphatic carbocycles. The molecule has 2 heterocycles. The highest BCUT2D eigenvalue weighted by molar-refractivity contribution is 5.85. The van der Waals surface area contributed by atoms with E-state index in [1.165, 1.54) is 16.7 Å². The summed E-state index contributed by atoms with van der Waals surface area (Å²) in [5.74, 6) is 0.879. The van der Waals surface area contributed by atoms with E-state index in [2.05, 4.69) is 88.1 Å². The zero-order valence-corrected chi connectivity index (χ0v) is 16.6. The normalized spacial score (nSPS) is 11.9. The van der Waals surface area contributed by atoms with Gasteiger partial charge in [0.1, 0.15) is 11.3 Å². The van der Waals surface area contributed by atoms with E-state index in [9.17, 15) is 0 Å². The summed E-state index contributed by atoms with van der Waals surface area (Å²) in [7, 11) is 0. The molecule has 0 atom stereocenters. The zero-order valence-electron chi connectivity index (χ0n) is 16.6. The second kappa shape index (κ2) is 6.38. The Labute approximate surface area is 160 Å². The van der Waals surface area contributed by atoms with Gasteiger partial charge in [0.25, 0.3) is 0 Å². The fourth-order valence-corrected chi connectivity index (χ4v) is 3.49. The van der Waals surface area contributed by atoms with Gasteiger partial charge >= 0.3 is 0 Å². The minimum Gasteiger partial charge on any atom is -0.456 e. The number of benzene rings is 2. The number of pyridine rings is 1. The molecule has 0 bridgehead atoms. The lowest BCUT2D eigenvalue weighted by molar-refractivity contribution is 0.590. The predicted molar refractivity (Wildman–Crippen MR) is 113 cm³/mol. The van der Waals surface area contributed by atoms with Crippen molar-refractivity contribution in [2.45, 2.75) is 40.0 Å². The molecule has 0 aliphatic rings. The van der Waals surface area contributed by atoms with Gasteiger partial charge in [-0.1, -0.05) is 62.2 Å². The average molecular weight is 355 g/mol. The standard InChI is InChI=1S/C25H25NO/c1-16-10-17(2)12-19(11-16)22-14-24-20(15-26-22)13-23(27-24)18-6-8-21(9-7-18)25(3,4)5/h6-15H,1-5H3. The van der Waals surface area contributed by atoms with Gasteiger partial charge in [-0.3, -0.25) is 4.98 Å². The summed E-state index contributed by atoms with van der Waals surface area (Å²) >= 11 is 0. The van der Waals surface area contributed by atoms with Gasteiger partial charge in [0.05, 0.1) is 5.69 Å². The van der Waals surface area contributed by atoms with Crippen molar-refractivity contribution in [3.05, 3.63) is 77.5 Å². The maximum Gasteiger partial charge on any atom is 0.138 e. The molecule has 0 saturated heterocycles. The molecule has 0 spiro atoms. The summed E-state index contributed by atoms with van der Waals surface area (Å²) in [6, 6.07) is 19.2. The van der Waals surface area contributed by atoms with Gasteiger partial charge in [0, 0.05) is 28.8 Å². The number of aryl methyl sites for hydroxylation is 2. The predicted octanol–water partition coefficient (Wildman–Crippen LogP) is 7.08. The lowest BCUT2D eigenvalue weighted by Crippen LogP contribution is -2.10. The smallest absolute Gasteiger partial charge is 0.138 e. The summed E-state index contributed by atoms with van der Waals surface area (Å²) in [6.07, 6.45) is 1.90. The minimum absolute atomic E-state index is 0.150. The Hall–Kier alpha value is -2.87. The molecular weight excluding hydrogens is 330 g/mol. The van der Waals surface area contributed by atoms with Crippen molar-refractivity contribution in [1.82, 2.24) is 4.98 Å². The zero-order chi connectivity index (χ0) is 19.2. The highest BCUT2D eigenvalue weighted by atomic mass is 16.3. The molecule has 4 rings (SSSR count). The molecule has 2 heteroatoms. The van der Waals surface area contributed by atoms with Crippen molar-refractivity contribution in [2.24, 2.45) is 0 Å². The molecule has 0 amide bonds. The maximum absolute atomic E-state index is 6.16. The third-order valence-electron chi connectivity index (χ3n) is 4.95. The van der Waals surface area contributed by atoms with Gasteiger partial charge in [0.15, 0.2) is 0 Å². The van der Waals surface area contributed by atoms with E-state index in [0.29, 0.717) is 0 Å². The monoisotopic (exact) mass is 355 g/mol. The molecule has 136 valence electrons. The first-order chi connectivity index (χ1) is 12.8. The Bertz CT molecular complexity index is 1090. The van der Waals surface area contributed by atoms with Crippen molar-refractivity contribution in [1.29, 1.82) is 0 Å². The van der Waals surface area contributed by atoms with Crippen LogP contribution >= 0.6 is 0 Å². The number of rotatable bonds is 2. The molecule has 27 heavy (non-hydrogen) atoms. The quantitative estimate of drug-likeness (QED) is 0.384. The number of furan rings is 1. The van der Waals surface area contributed by atoms with Crippen LogP contribution in [0.3, 0.4) is 0 Å². The Morgan fingerprint density at radius 2 is 1.44 bits per heavy atom. The summed E-state index contributed by atoms with van der Waals surface area (Å²) in [4.78, 5) is 4.65. The van der Waals surface area contributed by atoms with Crippen LogP contribution in [-0.2, 0) is 5.41 Å². The van der Waals surface area contributed by atoms with Crippen LogP contribution in [0.5, 0.6) is 0 Å². The fraction of sp³-hybridized carbons (Fsp3) is 0.240. The van der Waals surface area contributed by atoms with E-state index in [-0.39, 0.29) is 5.41 Å². The van der Waals surface area contributed by atoms with Crippen molar-refractivity contribution < 1.29 is 4.42 Å². The van der Waals surface area contributed by atoms with Crippen LogP contribution < -0.4 is 0 Å². The molecule has 2 aromatic carbocycles. The molecule has 0 fully saturated rings. The van der Waals surface area contributed by atoms with Crippen LogP contribution in [0.25, 0.3) is 33.6 Å². The summed E-state index contributed by atoms with van der Waals surface area (Å²) in [5, 5.41) is 1.03. The molecule has 0 radical (unpaired) electrons. The topological polar surface area (TPSA) is 26.0 Å². The lowest BCUT2D eigenvalue weighted by atomic mass is 9.86. The van der Waals surface area contributed by atoms with Gasteiger partial charge < -0.3 is 4.42 Å².